The summed E-state index contributed by atoms with van der Waals surface area (Å²) < 4.78 is 11.0. The zero-order valence-corrected chi connectivity index (χ0v) is 14.1. The minimum atomic E-state index is -1.03. The average Bonchev–Trinajstić information content (AvgIpc) is 2.60. The van der Waals surface area contributed by atoms with Crippen molar-refractivity contribution in [2.45, 2.75) is 25.5 Å². The molecule has 0 aliphatic heterocycles. The van der Waals surface area contributed by atoms with Gasteiger partial charge in [-0.2, -0.15) is 0 Å². The molecule has 0 fully saturated rings. The van der Waals surface area contributed by atoms with Crippen LogP contribution in [0.5, 0.6) is 11.5 Å². The maximum atomic E-state index is 10.7. The molecule has 6 nitrogen and oxygen atoms in total. The van der Waals surface area contributed by atoms with E-state index in [1.54, 1.807) is 24.3 Å². The highest BCUT2D eigenvalue weighted by atomic mass is 16.5. The summed E-state index contributed by atoms with van der Waals surface area (Å²) in [6.45, 7) is 2.22. The molecule has 2 aromatic carbocycles. The predicted octanol–water partition coefficient (Wildman–Crippen LogP) is 1.77. The van der Waals surface area contributed by atoms with Crippen molar-refractivity contribution in [3.63, 3.8) is 0 Å². The molecular formula is C19H23NO5. The zero-order chi connectivity index (χ0) is 18.2. The van der Waals surface area contributed by atoms with Crippen molar-refractivity contribution >= 4 is 5.97 Å². The third kappa shape index (κ3) is 6.45. The molecule has 134 valence electrons. The van der Waals surface area contributed by atoms with E-state index in [-0.39, 0.29) is 19.6 Å². The second-order valence-corrected chi connectivity index (χ2v) is 5.88. The normalized spacial score (nSPS) is 13.1. The van der Waals surface area contributed by atoms with Crippen molar-refractivity contribution in [2.75, 3.05) is 13.2 Å². The van der Waals surface area contributed by atoms with Crippen LogP contribution in [-0.2, 0) is 11.2 Å². The van der Waals surface area contributed by atoms with Crippen LogP contribution in [0.1, 0.15) is 11.1 Å². The van der Waals surface area contributed by atoms with E-state index < -0.39 is 18.1 Å². The van der Waals surface area contributed by atoms with Gasteiger partial charge in [0.15, 0.2) is 0 Å². The largest absolute Gasteiger partial charge is 0.491 e. The smallest absolute Gasteiger partial charge is 0.320 e. The fraction of sp³-hybridized carbons (Fsp3) is 0.316. The van der Waals surface area contributed by atoms with Gasteiger partial charge in [0.05, 0.1) is 0 Å². The first kappa shape index (κ1) is 18.8. The summed E-state index contributed by atoms with van der Waals surface area (Å²) in [5.41, 5.74) is 7.45. The van der Waals surface area contributed by atoms with Crippen molar-refractivity contribution in [2.24, 2.45) is 5.73 Å². The number of aliphatic hydroxyl groups excluding tert-OH is 1. The quantitative estimate of drug-likeness (QED) is 0.640. The Morgan fingerprint density at radius 3 is 1.96 bits per heavy atom. The van der Waals surface area contributed by atoms with Crippen molar-refractivity contribution in [1.29, 1.82) is 0 Å². The molecule has 2 aromatic rings. The first-order valence-electron chi connectivity index (χ1n) is 8.01. The van der Waals surface area contributed by atoms with Crippen LogP contribution >= 0.6 is 0 Å². The van der Waals surface area contributed by atoms with Gasteiger partial charge in [-0.3, -0.25) is 4.79 Å². The monoisotopic (exact) mass is 345 g/mol. The summed E-state index contributed by atoms with van der Waals surface area (Å²) in [5, 5.41) is 18.7. The lowest BCUT2D eigenvalue weighted by molar-refractivity contribution is -0.138. The number of aliphatic carboxylic acids is 1. The molecule has 0 aliphatic rings. The maximum Gasteiger partial charge on any atom is 0.320 e. The highest BCUT2D eigenvalue weighted by Crippen LogP contribution is 2.14. The summed E-state index contributed by atoms with van der Waals surface area (Å²) in [6, 6.07) is 13.6. The third-order valence-corrected chi connectivity index (χ3v) is 3.60. The Kier molecular flexibility index (Phi) is 6.80. The number of ether oxygens (including phenoxy) is 2. The second-order valence-electron chi connectivity index (χ2n) is 5.88. The lowest BCUT2D eigenvalue weighted by Gasteiger charge is -2.14. The van der Waals surface area contributed by atoms with Crippen LogP contribution < -0.4 is 15.2 Å². The van der Waals surface area contributed by atoms with Crippen LogP contribution in [0, 0.1) is 6.92 Å². The van der Waals surface area contributed by atoms with Crippen LogP contribution in [0.15, 0.2) is 48.5 Å². The van der Waals surface area contributed by atoms with Gasteiger partial charge in [0.25, 0.3) is 0 Å². The molecule has 0 bridgehead atoms. The van der Waals surface area contributed by atoms with E-state index >= 15 is 0 Å². The Labute approximate surface area is 146 Å². The lowest BCUT2D eigenvalue weighted by Crippen LogP contribution is -2.32. The van der Waals surface area contributed by atoms with Gasteiger partial charge in [0.1, 0.15) is 36.9 Å². The van der Waals surface area contributed by atoms with Gasteiger partial charge < -0.3 is 25.4 Å². The van der Waals surface area contributed by atoms with Crippen molar-refractivity contribution in [3.05, 3.63) is 59.7 Å². The Balaban J connectivity index is 1.74. The van der Waals surface area contributed by atoms with Gasteiger partial charge in [-0.05, 0) is 43.2 Å². The molecule has 0 aromatic heterocycles. The van der Waals surface area contributed by atoms with Crippen molar-refractivity contribution < 1.29 is 24.5 Å². The number of nitrogens with two attached hydrogens (primary N) is 1. The predicted molar refractivity (Wildman–Crippen MR) is 93.9 cm³/mol. The number of carboxylic acids is 1. The fourth-order valence-corrected chi connectivity index (χ4v) is 2.13. The number of aliphatic hydroxyl groups is 1. The molecule has 2 atom stereocenters. The second kappa shape index (κ2) is 9.05. The van der Waals surface area contributed by atoms with E-state index in [0.717, 1.165) is 11.1 Å². The number of rotatable bonds is 9. The molecule has 0 saturated carbocycles. The van der Waals surface area contributed by atoms with Gasteiger partial charge in [-0.15, -0.1) is 0 Å². The van der Waals surface area contributed by atoms with E-state index in [0.29, 0.717) is 11.5 Å². The molecule has 4 N–H and O–H groups in total. The minimum absolute atomic E-state index is 0.0971. The van der Waals surface area contributed by atoms with Gasteiger partial charge in [-0.25, -0.2) is 0 Å². The number of carbonyl (C=O) groups is 1. The first-order chi connectivity index (χ1) is 11.9. The Morgan fingerprint density at radius 1 is 1.00 bits per heavy atom. The number of hydrogen-bond donors (Lipinski definition) is 3. The summed E-state index contributed by atoms with van der Waals surface area (Å²) in [4.78, 5) is 10.7. The number of aryl methyl sites for hydroxylation is 1. The van der Waals surface area contributed by atoms with E-state index in [2.05, 4.69) is 0 Å². The molecular weight excluding hydrogens is 322 g/mol. The molecule has 2 rings (SSSR count). The maximum absolute atomic E-state index is 10.7. The first-order valence-corrected chi connectivity index (χ1v) is 8.01. The summed E-state index contributed by atoms with van der Waals surface area (Å²) in [6.07, 6.45) is -0.510. The highest BCUT2D eigenvalue weighted by Gasteiger charge is 2.12. The molecule has 0 aliphatic carbocycles. The lowest BCUT2D eigenvalue weighted by atomic mass is 10.1. The van der Waals surface area contributed by atoms with Gasteiger partial charge in [0, 0.05) is 0 Å². The van der Waals surface area contributed by atoms with E-state index in [1.807, 2.05) is 31.2 Å². The average molecular weight is 345 g/mol. The van der Waals surface area contributed by atoms with Crippen LogP contribution in [0.3, 0.4) is 0 Å². The Hall–Kier alpha value is -2.57. The minimum Gasteiger partial charge on any atom is -0.491 e. The van der Waals surface area contributed by atoms with E-state index in [1.165, 1.54) is 0 Å². The molecule has 25 heavy (non-hydrogen) atoms. The van der Waals surface area contributed by atoms with Crippen molar-refractivity contribution in [1.82, 2.24) is 0 Å². The SMILES string of the molecule is Cc1ccc(OCC(O)COc2ccc(C[C@H](N)C(=O)O)cc2)cc1. The molecule has 1 unspecified atom stereocenters. The van der Waals surface area contributed by atoms with Crippen LogP contribution in [0.2, 0.25) is 0 Å². The topological polar surface area (TPSA) is 102 Å². The van der Waals surface area contributed by atoms with E-state index in [4.69, 9.17) is 20.3 Å². The van der Waals surface area contributed by atoms with Crippen molar-refractivity contribution in [3.8, 4) is 11.5 Å². The Bertz CT molecular complexity index is 669. The molecule has 0 saturated heterocycles. The number of hydrogen-bond acceptors (Lipinski definition) is 5. The van der Waals surface area contributed by atoms with E-state index in [9.17, 15) is 9.90 Å². The van der Waals surface area contributed by atoms with Crippen LogP contribution in [-0.4, -0.2) is 41.5 Å². The standard InChI is InChI=1S/C19H23NO5/c1-13-2-6-16(7-3-13)24-11-15(21)12-25-17-8-4-14(5-9-17)10-18(20)19(22)23/h2-9,15,18,21H,10-12,20H2,1H3,(H,22,23)/t15?,18-/m0/s1. The summed E-state index contributed by atoms with van der Waals surface area (Å²) in [5.74, 6) is 0.253. The van der Waals surface area contributed by atoms with Gasteiger partial charge in [-0.1, -0.05) is 29.8 Å². The van der Waals surface area contributed by atoms with Crippen LogP contribution in [0.4, 0.5) is 0 Å². The summed E-state index contributed by atoms with van der Waals surface area (Å²) >= 11 is 0. The molecule has 0 radical (unpaired) electrons. The van der Waals surface area contributed by atoms with Gasteiger partial charge >= 0.3 is 5.97 Å². The third-order valence-electron chi connectivity index (χ3n) is 3.60. The Morgan fingerprint density at radius 2 is 1.48 bits per heavy atom. The molecule has 0 spiro atoms. The molecule has 0 amide bonds. The molecule has 6 heteroatoms. The zero-order valence-electron chi connectivity index (χ0n) is 14.1. The number of carboxylic acid groups (broad SMARTS) is 1. The summed E-state index contributed by atoms with van der Waals surface area (Å²) in [7, 11) is 0. The highest BCUT2D eigenvalue weighted by molar-refractivity contribution is 5.73. The van der Waals surface area contributed by atoms with Gasteiger partial charge in [0.2, 0.25) is 0 Å². The van der Waals surface area contributed by atoms with Crippen LogP contribution in [0.25, 0.3) is 0 Å². The fourth-order valence-electron chi connectivity index (χ4n) is 2.13. The number of benzene rings is 2. The molecule has 0 heterocycles.